The minimum Gasteiger partial charge on any atom is -0.306 e. The van der Waals surface area contributed by atoms with E-state index in [9.17, 15) is 0 Å². The smallest absolute Gasteiger partial charge is 0.248 e. The Labute approximate surface area is 105 Å². The highest BCUT2D eigenvalue weighted by Gasteiger charge is 2.12. The van der Waals surface area contributed by atoms with Crippen LogP contribution in [0.4, 0.5) is 11.8 Å². The lowest BCUT2D eigenvalue weighted by atomic mass is 10.1. The zero-order chi connectivity index (χ0) is 12.5. The third kappa shape index (κ3) is 2.05. The van der Waals surface area contributed by atoms with Crippen LogP contribution in [0.2, 0.25) is 0 Å². The number of hydrogen-bond acceptors (Lipinski definition) is 5. The minimum absolute atomic E-state index is 0.508. The van der Waals surface area contributed by atoms with E-state index >= 15 is 0 Å². The molecule has 2 aromatic rings. The van der Waals surface area contributed by atoms with E-state index in [4.69, 9.17) is 0 Å². The molecular weight excluding hydrogens is 228 g/mol. The Morgan fingerprint density at radius 3 is 2.83 bits per heavy atom. The summed E-state index contributed by atoms with van der Waals surface area (Å²) in [6.07, 6.45) is 3.54. The maximum absolute atomic E-state index is 4.50. The van der Waals surface area contributed by atoms with Gasteiger partial charge in [0.2, 0.25) is 5.95 Å². The van der Waals surface area contributed by atoms with Crippen LogP contribution in [0.15, 0.2) is 6.07 Å². The molecule has 0 spiro atoms. The molecule has 1 aliphatic rings. The van der Waals surface area contributed by atoms with E-state index in [1.165, 1.54) is 18.5 Å². The van der Waals surface area contributed by atoms with Crippen molar-refractivity contribution >= 4 is 11.8 Å². The van der Waals surface area contributed by atoms with Crippen molar-refractivity contribution in [3.05, 3.63) is 23.1 Å². The van der Waals surface area contributed by atoms with Crippen molar-refractivity contribution in [2.45, 2.75) is 39.7 Å². The van der Waals surface area contributed by atoms with Gasteiger partial charge in [-0.25, -0.2) is 4.98 Å². The summed E-state index contributed by atoms with van der Waals surface area (Å²) >= 11 is 0. The molecule has 0 aliphatic carbocycles. The summed E-state index contributed by atoms with van der Waals surface area (Å²) in [4.78, 5) is 4.34. The van der Waals surface area contributed by atoms with Gasteiger partial charge in [0.15, 0.2) is 5.82 Å². The molecule has 0 saturated heterocycles. The largest absolute Gasteiger partial charge is 0.306 e. The molecule has 0 bridgehead atoms. The van der Waals surface area contributed by atoms with E-state index in [-0.39, 0.29) is 0 Å². The number of aryl methyl sites for hydroxylation is 4. The lowest BCUT2D eigenvalue weighted by Gasteiger charge is -2.11. The molecule has 6 nitrogen and oxygen atoms in total. The number of hydrogen-bond donors (Lipinski definition) is 1. The standard InChI is InChI=1S/C12H16N6/c1-8-9(2)15-16-12(13-8)14-11-7-10-5-3-4-6-18(10)17-11/h7H,3-6H2,1-2H3,(H,13,14,16,17). The molecule has 6 heteroatoms. The molecule has 0 amide bonds. The first-order chi connectivity index (χ1) is 8.72. The molecule has 0 aromatic carbocycles. The van der Waals surface area contributed by atoms with Gasteiger partial charge in [-0.1, -0.05) is 0 Å². The Balaban J connectivity index is 1.83. The van der Waals surface area contributed by atoms with Crippen LogP contribution in [0.3, 0.4) is 0 Å². The van der Waals surface area contributed by atoms with Gasteiger partial charge < -0.3 is 5.32 Å². The number of fused-ring (bicyclic) bond motifs is 1. The Bertz CT molecular complexity index is 550. The van der Waals surface area contributed by atoms with Gasteiger partial charge in [0.05, 0.1) is 11.4 Å². The summed E-state index contributed by atoms with van der Waals surface area (Å²) in [5, 5.41) is 15.7. The predicted octanol–water partition coefficient (Wildman–Crippen LogP) is 1.76. The van der Waals surface area contributed by atoms with Crippen LogP contribution in [-0.2, 0) is 13.0 Å². The lowest BCUT2D eigenvalue weighted by Crippen LogP contribution is -2.10. The zero-order valence-electron chi connectivity index (χ0n) is 10.6. The first-order valence-corrected chi connectivity index (χ1v) is 6.24. The molecule has 3 rings (SSSR count). The minimum atomic E-state index is 0.508. The maximum Gasteiger partial charge on any atom is 0.248 e. The monoisotopic (exact) mass is 244 g/mol. The van der Waals surface area contributed by atoms with Crippen LogP contribution >= 0.6 is 0 Å². The number of nitrogens with one attached hydrogen (secondary N) is 1. The molecule has 94 valence electrons. The second kappa shape index (κ2) is 4.36. The van der Waals surface area contributed by atoms with Crippen molar-refractivity contribution < 1.29 is 0 Å². The van der Waals surface area contributed by atoms with E-state index in [1.54, 1.807) is 0 Å². The maximum atomic E-state index is 4.50. The average Bonchev–Trinajstić information content (AvgIpc) is 2.76. The molecule has 3 heterocycles. The SMILES string of the molecule is Cc1nnc(Nc2cc3n(n2)CCCC3)nc1C. The van der Waals surface area contributed by atoms with Gasteiger partial charge in [-0.05, 0) is 33.1 Å². The van der Waals surface area contributed by atoms with Gasteiger partial charge in [-0.15, -0.1) is 5.10 Å². The molecule has 0 fully saturated rings. The molecule has 0 saturated carbocycles. The van der Waals surface area contributed by atoms with Crippen molar-refractivity contribution in [2.24, 2.45) is 0 Å². The predicted molar refractivity (Wildman–Crippen MR) is 67.7 cm³/mol. The van der Waals surface area contributed by atoms with Crippen molar-refractivity contribution in [3.63, 3.8) is 0 Å². The van der Waals surface area contributed by atoms with Crippen LogP contribution in [0.5, 0.6) is 0 Å². The lowest BCUT2D eigenvalue weighted by molar-refractivity contribution is 0.487. The van der Waals surface area contributed by atoms with Crippen molar-refractivity contribution in [3.8, 4) is 0 Å². The van der Waals surface area contributed by atoms with Gasteiger partial charge in [-0.3, -0.25) is 4.68 Å². The van der Waals surface area contributed by atoms with Gasteiger partial charge in [-0.2, -0.15) is 10.2 Å². The fourth-order valence-corrected chi connectivity index (χ4v) is 2.10. The van der Waals surface area contributed by atoms with Crippen molar-refractivity contribution in [1.29, 1.82) is 0 Å². The summed E-state index contributed by atoms with van der Waals surface area (Å²) in [6, 6.07) is 2.07. The number of nitrogens with zero attached hydrogens (tertiary/aromatic N) is 5. The van der Waals surface area contributed by atoms with E-state index in [2.05, 4.69) is 36.3 Å². The number of anilines is 2. The molecule has 0 radical (unpaired) electrons. The molecule has 18 heavy (non-hydrogen) atoms. The summed E-state index contributed by atoms with van der Waals surface area (Å²) in [5.41, 5.74) is 3.02. The van der Waals surface area contributed by atoms with E-state index in [0.29, 0.717) is 5.95 Å². The second-order valence-corrected chi connectivity index (χ2v) is 4.63. The Kier molecular flexibility index (Phi) is 2.70. The Hall–Kier alpha value is -1.98. The molecule has 2 aromatic heterocycles. The molecular formula is C12H16N6. The third-order valence-corrected chi connectivity index (χ3v) is 3.25. The first-order valence-electron chi connectivity index (χ1n) is 6.24. The van der Waals surface area contributed by atoms with Gasteiger partial charge in [0.1, 0.15) is 0 Å². The van der Waals surface area contributed by atoms with Crippen molar-refractivity contribution in [1.82, 2.24) is 25.0 Å². The van der Waals surface area contributed by atoms with Crippen molar-refractivity contribution in [2.75, 3.05) is 5.32 Å². The highest BCUT2D eigenvalue weighted by atomic mass is 15.3. The van der Waals surface area contributed by atoms with Crippen LogP contribution < -0.4 is 5.32 Å². The second-order valence-electron chi connectivity index (χ2n) is 4.63. The fourth-order valence-electron chi connectivity index (χ4n) is 2.10. The number of aromatic nitrogens is 5. The summed E-state index contributed by atoms with van der Waals surface area (Å²) in [7, 11) is 0. The van der Waals surface area contributed by atoms with Crippen LogP contribution in [0.25, 0.3) is 0 Å². The average molecular weight is 244 g/mol. The zero-order valence-corrected chi connectivity index (χ0v) is 10.6. The van der Waals surface area contributed by atoms with Crippen LogP contribution in [0, 0.1) is 13.8 Å². The number of rotatable bonds is 2. The van der Waals surface area contributed by atoms with Gasteiger partial charge >= 0.3 is 0 Å². The topological polar surface area (TPSA) is 68.5 Å². The van der Waals surface area contributed by atoms with Gasteiger partial charge in [0.25, 0.3) is 0 Å². The van der Waals surface area contributed by atoms with E-state index in [0.717, 1.165) is 30.2 Å². The Morgan fingerprint density at radius 2 is 2.06 bits per heavy atom. The normalized spacial score (nSPS) is 14.3. The highest BCUT2D eigenvalue weighted by molar-refractivity contribution is 5.48. The first kappa shape index (κ1) is 11.1. The quantitative estimate of drug-likeness (QED) is 0.871. The summed E-state index contributed by atoms with van der Waals surface area (Å²) < 4.78 is 2.06. The van der Waals surface area contributed by atoms with E-state index in [1.807, 2.05) is 13.8 Å². The Morgan fingerprint density at radius 1 is 1.17 bits per heavy atom. The highest BCUT2D eigenvalue weighted by Crippen LogP contribution is 2.19. The van der Waals surface area contributed by atoms with Gasteiger partial charge in [0, 0.05) is 18.3 Å². The summed E-state index contributed by atoms with van der Waals surface area (Å²) in [6.45, 7) is 4.82. The summed E-state index contributed by atoms with van der Waals surface area (Å²) in [5.74, 6) is 1.31. The molecule has 0 atom stereocenters. The third-order valence-electron chi connectivity index (χ3n) is 3.25. The van der Waals surface area contributed by atoms with E-state index < -0.39 is 0 Å². The van der Waals surface area contributed by atoms with Crippen LogP contribution in [0.1, 0.15) is 29.9 Å². The van der Waals surface area contributed by atoms with Crippen LogP contribution in [-0.4, -0.2) is 25.0 Å². The fraction of sp³-hybridized carbons (Fsp3) is 0.500. The molecule has 0 unspecified atom stereocenters. The molecule has 1 aliphatic heterocycles. The molecule has 1 N–H and O–H groups in total.